The van der Waals surface area contributed by atoms with Crippen molar-refractivity contribution in [1.82, 2.24) is 0 Å². The first kappa shape index (κ1) is 18.1. The van der Waals surface area contributed by atoms with Crippen molar-refractivity contribution in [2.45, 2.75) is 25.2 Å². The molecule has 2 rings (SSSR count). The molecule has 24 heavy (non-hydrogen) atoms. The van der Waals surface area contributed by atoms with Crippen molar-refractivity contribution in [1.29, 1.82) is 0 Å². The lowest BCUT2D eigenvalue weighted by molar-refractivity contribution is 0.0526. The van der Waals surface area contributed by atoms with Crippen LogP contribution in [0, 0.1) is 0 Å². The van der Waals surface area contributed by atoms with E-state index in [1.54, 1.807) is 43.0 Å². The van der Waals surface area contributed by atoms with Crippen molar-refractivity contribution >= 4 is 29.3 Å². The predicted octanol–water partition coefficient (Wildman–Crippen LogP) is 4.62. The lowest BCUT2D eigenvalue weighted by atomic mass is 10.2. The summed E-state index contributed by atoms with van der Waals surface area (Å²) in [6.45, 7) is 4.21. The topological polar surface area (TPSA) is 55.4 Å². The third kappa shape index (κ3) is 4.86. The minimum Gasteiger partial charge on any atom is -0.462 e. The molecule has 0 fully saturated rings. The molecule has 0 radical (unpaired) electrons. The highest BCUT2D eigenvalue weighted by Gasteiger charge is 2.12. The van der Waals surface area contributed by atoms with Gasteiger partial charge in [-0.2, -0.15) is 0 Å². The van der Waals surface area contributed by atoms with Gasteiger partial charge in [-0.3, -0.25) is 4.79 Å². The van der Waals surface area contributed by atoms with E-state index in [0.29, 0.717) is 23.4 Å². The van der Waals surface area contributed by atoms with Crippen molar-refractivity contribution in [3.63, 3.8) is 0 Å². The Bertz CT molecular complexity index is 698. The van der Waals surface area contributed by atoms with Gasteiger partial charge in [-0.15, -0.1) is 11.8 Å². The van der Waals surface area contributed by atoms with Gasteiger partial charge < -0.3 is 10.1 Å². The third-order valence-corrected chi connectivity index (χ3v) is 4.53. The van der Waals surface area contributed by atoms with Gasteiger partial charge in [0.1, 0.15) is 0 Å². The number of ether oxygens (including phenoxy) is 1. The number of benzene rings is 2. The molecule has 126 valence electrons. The number of nitrogens with one attached hydrogen (secondary N) is 1. The fourth-order valence-electron chi connectivity index (χ4n) is 2.09. The van der Waals surface area contributed by atoms with Crippen LogP contribution in [0.2, 0.25) is 0 Å². The Hall–Kier alpha value is -2.27. The summed E-state index contributed by atoms with van der Waals surface area (Å²) in [5.74, 6) is 0.452. The van der Waals surface area contributed by atoms with Crippen LogP contribution in [0.1, 0.15) is 41.0 Å². The number of rotatable bonds is 7. The molecule has 1 amide bonds. The van der Waals surface area contributed by atoms with Gasteiger partial charge in [0.25, 0.3) is 5.91 Å². The Morgan fingerprint density at radius 1 is 1.04 bits per heavy atom. The summed E-state index contributed by atoms with van der Waals surface area (Å²) in [4.78, 5) is 25.1. The van der Waals surface area contributed by atoms with Gasteiger partial charge in [0.15, 0.2) is 0 Å². The normalized spacial score (nSPS) is 10.2. The lowest BCUT2D eigenvalue weighted by Gasteiger charge is -2.10. The third-order valence-electron chi connectivity index (χ3n) is 3.25. The van der Waals surface area contributed by atoms with Crippen molar-refractivity contribution in [3.8, 4) is 0 Å². The molecule has 0 saturated heterocycles. The molecule has 0 aliphatic rings. The molecule has 0 saturated carbocycles. The molecule has 1 N–H and O–H groups in total. The van der Waals surface area contributed by atoms with Gasteiger partial charge in [0.05, 0.1) is 17.7 Å². The van der Waals surface area contributed by atoms with E-state index in [4.69, 9.17) is 4.74 Å². The van der Waals surface area contributed by atoms with Crippen LogP contribution in [0.15, 0.2) is 53.4 Å². The minimum absolute atomic E-state index is 0.155. The molecule has 4 nitrogen and oxygen atoms in total. The van der Waals surface area contributed by atoms with E-state index in [1.165, 1.54) is 0 Å². The first-order valence-electron chi connectivity index (χ1n) is 7.96. The Morgan fingerprint density at radius 2 is 1.75 bits per heavy atom. The van der Waals surface area contributed by atoms with E-state index in [9.17, 15) is 9.59 Å². The van der Waals surface area contributed by atoms with E-state index in [2.05, 4.69) is 12.2 Å². The van der Waals surface area contributed by atoms with E-state index in [0.717, 1.165) is 17.1 Å². The van der Waals surface area contributed by atoms with Gasteiger partial charge in [0.2, 0.25) is 0 Å². The quantitative estimate of drug-likeness (QED) is 0.589. The Kier molecular flexibility index (Phi) is 6.88. The van der Waals surface area contributed by atoms with Gasteiger partial charge >= 0.3 is 5.97 Å². The molecule has 0 aliphatic heterocycles. The lowest BCUT2D eigenvalue weighted by Crippen LogP contribution is -2.13. The second-order valence-electron chi connectivity index (χ2n) is 5.10. The Balaban J connectivity index is 2.08. The standard InChI is InChI=1S/C19H21NO3S/c1-3-13-24-17-8-6-5-7-16(17)18(21)20-15-11-9-14(10-12-15)19(22)23-4-2/h5-12H,3-4,13H2,1-2H3,(H,20,21). The van der Waals surface area contributed by atoms with Crippen LogP contribution < -0.4 is 5.32 Å². The zero-order valence-corrected chi connectivity index (χ0v) is 14.7. The summed E-state index contributed by atoms with van der Waals surface area (Å²) < 4.78 is 4.94. The molecular formula is C19H21NO3S. The summed E-state index contributed by atoms with van der Waals surface area (Å²) >= 11 is 1.68. The first-order chi connectivity index (χ1) is 11.7. The largest absolute Gasteiger partial charge is 0.462 e. The van der Waals surface area contributed by atoms with Gasteiger partial charge in [-0.05, 0) is 55.5 Å². The molecule has 2 aromatic rings. The smallest absolute Gasteiger partial charge is 0.338 e. The maximum atomic E-state index is 12.5. The molecule has 0 spiro atoms. The first-order valence-corrected chi connectivity index (χ1v) is 8.94. The fourth-order valence-corrected chi connectivity index (χ4v) is 3.01. The Morgan fingerprint density at radius 3 is 2.42 bits per heavy atom. The zero-order chi connectivity index (χ0) is 17.4. The maximum absolute atomic E-state index is 12.5. The summed E-state index contributed by atoms with van der Waals surface area (Å²) in [5, 5.41) is 2.87. The highest BCUT2D eigenvalue weighted by atomic mass is 32.2. The molecule has 2 aromatic carbocycles. The minimum atomic E-state index is -0.364. The van der Waals surface area contributed by atoms with Crippen LogP contribution in [0.4, 0.5) is 5.69 Å². The summed E-state index contributed by atoms with van der Waals surface area (Å²) in [6.07, 6.45) is 1.05. The number of carbonyl (C=O) groups is 2. The molecule has 0 unspecified atom stereocenters. The van der Waals surface area contributed by atoms with Gasteiger partial charge in [-0.25, -0.2) is 4.79 Å². The Labute approximate surface area is 146 Å². The molecule has 0 aliphatic carbocycles. The van der Waals surface area contributed by atoms with Gasteiger partial charge in [0, 0.05) is 10.6 Å². The molecule has 0 bridgehead atoms. The summed E-state index contributed by atoms with van der Waals surface area (Å²) in [5.41, 5.74) is 1.77. The van der Waals surface area contributed by atoms with Crippen molar-refractivity contribution < 1.29 is 14.3 Å². The number of amides is 1. The summed E-state index contributed by atoms with van der Waals surface area (Å²) in [7, 11) is 0. The number of thioether (sulfide) groups is 1. The van der Waals surface area contributed by atoms with Crippen LogP contribution in [0.25, 0.3) is 0 Å². The predicted molar refractivity (Wildman–Crippen MR) is 97.8 cm³/mol. The van der Waals surface area contributed by atoms with E-state index < -0.39 is 0 Å². The van der Waals surface area contributed by atoms with E-state index in [-0.39, 0.29) is 11.9 Å². The molecular weight excluding hydrogens is 322 g/mol. The van der Waals surface area contributed by atoms with Crippen LogP contribution in [-0.4, -0.2) is 24.2 Å². The number of hydrogen-bond donors (Lipinski definition) is 1. The molecule has 0 aromatic heterocycles. The van der Waals surface area contributed by atoms with Crippen molar-refractivity contribution in [2.24, 2.45) is 0 Å². The summed E-state index contributed by atoms with van der Waals surface area (Å²) in [6, 6.07) is 14.3. The zero-order valence-electron chi connectivity index (χ0n) is 13.9. The average molecular weight is 343 g/mol. The van der Waals surface area contributed by atoms with Crippen LogP contribution in [-0.2, 0) is 4.74 Å². The molecule has 0 heterocycles. The fraction of sp³-hybridized carbons (Fsp3) is 0.263. The van der Waals surface area contributed by atoms with E-state index >= 15 is 0 Å². The number of esters is 1. The number of hydrogen-bond acceptors (Lipinski definition) is 4. The molecule has 5 heteroatoms. The van der Waals surface area contributed by atoms with Crippen LogP contribution in [0.3, 0.4) is 0 Å². The van der Waals surface area contributed by atoms with E-state index in [1.807, 2.05) is 24.3 Å². The average Bonchev–Trinajstić information content (AvgIpc) is 2.61. The highest BCUT2D eigenvalue weighted by Crippen LogP contribution is 2.24. The van der Waals surface area contributed by atoms with Crippen LogP contribution in [0.5, 0.6) is 0 Å². The molecule has 0 atom stereocenters. The van der Waals surface area contributed by atoms with Crippen LogP contribution >= 0.6 is 11.8 Å². The number of anilines is 1. The monoisotopic (exact) mass is 343 g/mol. The van der Waals surface area contributed by atoms with Gasteiger partial charge in [-0.1, -0.05) is 19.1 Å². The van der Waals surface area contributed by atoms with Crippen molar-refractivity contribution in [3.05, 3.63) is 59.7 Å². The maximum Gasteiger partial charge on any atom is 0.338 e. The highest BCUT2D eigenvalue weighted by molar-refractivity contribution is 7.99. The second kappa shape index (κ2) is 9.13. The second-order valence-corrected chi connectivity index (χ2v) is 6.23. The SMILES string of the molecule is CCCSc1ccccc1C(=O)Nc1ccc(C(=O)OCC)cc1. The van der Waals surface area contributed by atoms with Crippen molar-refractivity contribution in [2.75, 3.05) is 17.7 Å². The number of carbonyl (C=O) groups excluding carboxylic acids is 2.